The van der Waals surface area contributed by atoms with E-state index < -0.39 is 6.36 Å². The third-order valence-electron chi connectivity index (χ3n) is 3.24. The minimum absolute atomic E-state index is 0.229. The Morgan fingerprint density at radius 2 is 1.79 bits per heavy atom. The summed E-state index contributed by atoms with van der Waals surface area (Å²) in [4.78, 5) is 0. The first kappa shape index (κ1) is 16.3. The number of alkyl halides is 3. The molecule has 0 aliphatic heterocycles. The first-order valence-electron chi connectivity index (χ1n) is 6.94. The van der Waals surface area contributed by atoms with Crippen molar-refractivity contribution in [3.05, 3.63) is 60.3 Å². The van der Waals surface area contributed by atoms with Crippen molar-refractivity contribution in [3.8, 4) is 11.5 Å². The van der Waals surface area contributed by atoms with Crippen LogP contribution in [0.2, 0.25) is 0 Å². The first-order chi connectivity index (χ1) is 11.4. The van der Waals surface area contributed by atoms with Crippen molar-refractivity contribution in [2.24, 2.45) is 0 Å². The SMILES string of the molecule is C=Cc1ccc2c(COc3ccc(OC(F)(F)F)cc3)nsc2c1. The van der Waals surface area contributed by atoms with Crippen LogP contribution in [-0.4, -0.2) is 10.7 Å². The number of aromatic nitrogens is 1. The Morgan fingerprint density at radius 3 is 2.46 bits per heavy atom. The van der Waals surface area contributed by atoms with Crippen LogP contribution in [0.5, 0.6) is 11.5 Å². The molecule has 1 aromatic heterocycles. The Kier molecular flexibility index (Phi) is 4.44. The van der Waals surface area contributed by atoms with Gasteiger partial charge in [0, 0.05) is 5.39 Å². The van der Waals surface area contributed by atoms with Gasteiger partial charge in [0.05, 0.1) is 10.4 Å². The molecule has 0 saturated heterocycles. The topological polar surface area (TPSA) is 31.4 Å². The average molecular weight is 351 g/mol. The van der Waals surface area contributed by atoms with E-state index in [0.717, 1.165) is 21.3 Å². The largest absolute Gasteiger partial charge is 0.573 e. The monoisotopic (exact) mass is 351 g/mol. The molecule has 0 spiro atoms. The summed E-state index contributed by atoms with van der Waals surface area (Å²) in [7, 11) is 0. The van der Waals surface area contributed by atoms with Gasteiger partial charge < -0.3 is 9.47 Å². The van der Waals surface area contributed by atoms with Crippen molar-refractivity contribution in [1.82, 2.24) is 4.37 Å². The standard InChI is InChI=1S/C17H12F3NO2S/c1-2-11-3-8-14-15(21-24-16(14)9-11)10-22-12-4-6-13(7-5-12)23-17(18,19)20/h2-9H,1,10H2. The maximum absolute atomic E-state index is 12.1. The minimum atomic E-state index is -4.70. The molecule has 0 aliphatic carbocycles. The summed E-state index contributed by atoms with van der Waals surface area (Å²) in [5, 5.41) is 0.989. The minimum Gasteiger partial charge on any atom is -0.487 e. The molecule has 1 heterocycles. The molecule has 0 aliphatic rings. The van der Waals surface area contributed by atoms with Gasteiger partial charge in [-0.25, -0.2) is 0 Å². The van der Waals surface area contributed by atoms with E-state index in [0.29, 0.717) is 5.75 Å². The summed E-state index contributed by atoms with van der Waals surface area (Å²) in [5.74, 6) is 0.152. The molecule has 0 radical (unpaired) electrons. The van der Waals surface area contributed by atoms with E-state index in [2.05, 4.69) is 15.7 Å². The summed E-state index contributed by atoms with van der Waals surface area (Å²) in [6.45, 7) is 3.96. The number of nitrogens with zero attached hydrogens (tertiary/aromatic N) is 1. The van der Waals surface area contributed by atoms with Crippen LogP contribution in [0.15, 0.2) is 49.0 Å². The van der Waals surface area contributed by atoms with E-state index >= 15 is 0 Å². The molecular formula is C17H12F3NO2S. The van der Waals surface area contributed by atoms with Crippen molar-refractivity contribution in [3.63, 3.8) is 0 Å². The van der Waals surface area contributed by atoms with Crippen LogP contribution in [0.4, 0.5) is 13.2 Å². The Hall–Kier alpha value is -2.54. The number of halogens is 3. The second-order valence-electron chi connectivity index (χ2n) is 4.90. The summed E-state index contributed by atoms with van der Waals surface area (Å²) >= 11 is 1.36. The molecular weight excluding hydrogens is 339 g/mol. The number of hydrogen-bond donors (Lipinski definition) is 0. The first-order valence-corrected chi connectivity index (χ1v) is 7.71. The highest BCUT2D eigenvalue weighted by molar-refractivity contribution is 7.13. The molecule has 0 saturated carbocycles. The average Bonchev–Trinajstić information content (AvgIpc) is 2.95. The lowest BCUT2D eigenvalue weighted by Crippen LogP contribution is -2.16. The molecule has 3 nitrogen and oxygen atoms in total. The van der Waals surface area contributed by atoms with Gasteiger partial charge in [0.15, 0.2) is 0 Å². The zero-order valence-electron chi connectivity index (χ0n) is 12.3. The molecule has 0 amide bonds. The number of fused-ring (bicyclic) bond motifs is 1. The van der Waals surface area contributed by atoms with Gasteiger partial charge in [-0.2, -0.15) is 4.37 Å². The predicted octanol–water partition coefficient (Wildman–Crippen LogP) is 5.42. The molecule has 124 valence electrons. The Balaban J connectivity index is 1.68. The maximum Gasteiger partial charge on any atom is 0.573 e. The number of ether oxygens (including phenoxy) is 2. The highest BCUT2D eigenvalue weighted by Gasteiger charge is 2.30. The van der Waals surface area contributed by atoms with Gasteiger partial charge in [0.25, 0.3) is 0 Å². The van der Waals surface area contributed by atoms with Gasteiger partial charge in [-0.1, -0.05) is 24.8 Å². The molecule has 0 atom stereocenters. The van der Waals surface area contributed by atoms with Gasteiger partial charge in [0.2, 0.25) is 0 Å². The number of hydrogen-bond acceptors (Lipinski definition) is 4. The predicted molar refractivity (Wildman–Crippen MR) is 87.2 cm³/mol. The number of rotatable bonds is 5. The van der Waals surface area contributed by atoms with Crippen LogP contribution in [0, 0.1) is 0 Å². The molecule has 2 aromatic carbocycles. The summed E-state index contributed by atoms with van der Waals surface area (Å²) in [5.41, 5.74) is 1.79. The van der Waals surface area contributed by atoms with Crippen molar-refractivity contribution in [1.29, 1.82) is 0 Å². The normalized spacial score (nSPS) is 11.5. The molecule has 3 aromatic rings. The Labute approximate surface area is 140 Å². The lowest BCUT2D eigenvalue weighted by atomic mass is 10.1. The molecule has 24 heavy (non-hydrogen) atoms. The van der Waals surface area contributed by atoms with Crippen molar-refractivity contribution >= 4 is 27.7 Å². The Bertz CT molecular complexity index is 856. The van der Waals surface area contributed by atoms with Crippen LogP contribution in [-0.2, 0) is 6.61 Å². The van der Waals surface area contributed by atoms with E-state index in [9.17, 15) is 13.2 Å². The highest BCUT2D eigenvalue weighted by Crippen LogP contribution is 2.27. The van der Waals surface area contributed by atoms with Crippen LogP contribution in [0.3, 0.4) is 0 Å². The van der Waals surface area contributed by atoms with Crippen LogP contribution in [0.1, 0.15) is 11.3 Å². The Morgan fingerprint density at radius 1 is 1.08 bits per heavy atom. The molecule has 0 N–H and O–H groups in total. The third-order valence-corrected chi connectivity index (χ3v) is 4.09. The smallest absolute Gasteiger partial charge is 0.487 e. The lowest BCUT2D eigenvalue weighted by molar-refractivity contribution is -0.274. The quantitative estimate of drug-likeness (QED) is 0.615. The van der Waals surface area contributed by atoms with Crippen molar-refractivity contribution in [2.45, 2.75) is 13.0 Å². The fourth-order valence-electron chi connectivity index (χ4n) is 2.13. The van der Waals surface area contributed by atoms with Gasteiger partial charge in [-0.05, 0) is 47.4 Å². The fourth-order valence-corrected chi connectivity index (χ4v) is 2.96. The van der Waals surface area contributed by atoms with Gasteiger partial charge in [-0.15, -0.1) is 13.2 Å². The molecule has 3 rings (SSSR count). The van der Waals surface area contributed by atoms with E-state index in [4.69, 9.17) is 4.74 Å². The van der Waals surface area contributed by atoms with Crippen LogP contribution >= 0.6 is 11.5 Å². The second kappa shape index (κ2) is 6.52. The van der Waals surface area contributed by atoms with Crippen LogP contribution < -0.4 is 9.47 Å². The highest BCUT2D eigenvalue weighted by atomic mass is 32.1. The second-order valence-corrected chi connectivity index (χ2v) is 5.70. The van der Waals surface area contributed by atoms with Crippen molar-refractivity contribution in [2.75, 3.05) is 0 Å². The zero-order valence-corrected chi connectivity index (χ0v) is 13.2. The van der Waals surface area contributed by atoms with Gasteiger partial charge >= 0.3 is 6.36 Å². The van der Waals surface area contributed by atoms with Crippen LogP contribution in [0.25, 0.3) is 16.2 Å². The van der Waals surface area contributed by atoms with E-state index in [1.807, 2.05) is 18.2 Å². The third kappa shape index (κ3) is 3.86. The molecule has 0 unspecified atom stereocenters. The summed E-state index contributed by atoms with van der Waals surface area (Å²) < 4.78 is 51.1. The number of benzene rings is 2. The molecule has 0 fully saturated rings. The summed E-state index contributed by atoms with van der Waals surface area (Å²) in [6.07, 6.45) is -2.94. The van der Waals surface area contributed by atoms with Gasteiger partial charge in [0.1, 0.15) is 18.1 Å². The summed E-state index contributed by atoms with van der Waals surface area (Å²) in [6, 6.07) is 11.1. The maximum atomic E-state index is 12.1. The fraction of sp³-hybridized carbons (Fsp3) is 0.118. The molecule has 0 bridgehead atoms. The van der Waals surface area contributed by atoms with Gasteiger partial charge in [-0.3, -0.25) is 0 Å². The van der Waals surface area contributed by atoms with E-state index in [-0.39, 0.29) is 12.4 Å². The molecule has 7 heteroatoms. The van der Waals surface area contributed by atoms with E-state index in [1.165, 1.54) is 35.8 Å². The van der Waals surface area contributed by atoms with E-state index in [1.54, 1.807) is 6.08 Å². The zero-order chi connectivity index (χ0) is 17.2. The van der Waals surface area contributed by atoms with Crippen molar-refractivity contribution < 1.29 is 22.6 Å². The lowest BCUT2D eigenvalue weighted by Gasteiger charge is -2.09.